The molecule has 0 aliphatic heterocycles. The van der Waals surface area contributed by atoms with Crippen LogP contribution < -0.4 is 0 Å². The maximum atomic E-state index is 11.8. The third-order valence-electron chi connectivity index (χ3n) is 2.93. The molecule has 2 nitrogen and oxygen atoms in total. The van der Waals surface area contributed by atoms with Crippen molar-refractivity contribution in [1.82, 2.24) is 4.98 Å². The van der Waals surface area contributed by atoms with Crippen molar-refractivity contribution < 1.29 is 4.79 Å². The van der Waals surface area contributed by atoms with Crippen molar-refractivity contribution in [1.29, 1.82) is 0 Å². The summed E-state index contributed by atoms with van der Waals surface area (Å²) in [4.78, 5) is 17.3. The summed E-state index contributed by atoms with van der Waals surface area (Å²) in [6.45, 7) is 4.29. The Morgan fingerprint density at radius 1 is 1.47 bits per heavy atom. The highest BCUT2D eigenvalue weighted by Crippen LogP contribution is 2.34. The summed E-state index contributed by atoms with van der Waals surface area (Å²) in [5, 5.41) is 1.16. The zero-order valence-corrected chi connectivity index (χ0v) is 10.1. The van der Waals surface area contributed by atoms with E-state index in [-0.39, 0.29) is 5.92 Å². The molecule has 1 aliphatic rings. The molecule has 3 heteroatoms. The van der Waals surface area contributed by atoms with Gasteiger partial charge in [-0.05, 0) is 12.8 Å². The van der Waals surface area contributed by atoms with Crippen molar-refractivity contribution in [3.8, 4) is 0 Å². The maximum Gasteiger partial charge on any atom is 0.141 e. The molecule has 1 aromatic heterocycles. The summed E-state index contributed by atoms with van der Waals surface area (Å²) >= 11 is 1.72. The first-order chi connectivity index (χ1) is 7.18. The molecule has 0 saturated heterocycles. The third kappa shape index (κ3) is 2.28. The Hall–Kier alpha value is -0.700. The van der Waals surface area contributed by atoms with Crippen molar-refractivity contribution >= 4 is 17.1 Å². The first-order valence-electron chi connectivity index (χ1n) is 5.67. The van der Waals surface area contributed by atoms with E-state index >= 15 is 0 Å². The Morgan fingerprint density at radius 2 is 2.27 bits per heavy atom. The van der Waals surface area contributed by atoms with Crippen LogP contribution in [0.4, 0.5) is 0 Å². The lowest BCUT2D eigenvalue weighted by molar-refractivity contribution is -0.121. The van der Waals surface area contributed by atoms with Gasteiger partial charge in [-0.25, -0.2) is 4.98 Å². The van der Waals surface area contributed by atoms with Gasteiger partial charge in [0.05, 0.1) is 10.9 Å². The smallest absolute Gasteiger partial charge is 0.141 e. The number of nitrogens with zero attached hydrogens (tertiary/aromatic N) is 1. The van der Waals surface area contributed by atoms with Crippen molar-refractivity contribution in [2.45, 2.75) is 51.4 Å². The van der Waals surface area contributed by atoms with E-state index in [1.807, 2.05) is 6.20 Å². The number of thiazole rings is 1. The number of hydrogen-bond acceptors (Lipinski definition) is 3. The minimum Gasteiger partial charge on any atom is -0.299 e. The minimum absolute atomic E-state index is 0.156. The van der Waals surface area contributed by atoms with Crippen molar-refractivity contribution in [3.63, 3.8) is 0 Å². The highest BCUT2D eigenvalue weighted by Gasteiger charge is 2.25. The standard InChI is InChI=1S/C12H17NOS/c1-8(2)12-13-7-11(15-12)9-5-3-4-6-10(9)14/h7-9H,3-6H2,1-2H3. The normalized spacial score (nSPS) is 22.3. The molecule has 2 rings (SSSR count). The third-order valence-corrected chi connectivity index (χ3v) is 4.35. The van der Waals surface area contributed by atoms with Crippen LogP contribution in [0.3, 0.4) is 0 Å². The van der Waals surface area contributed by atoms with Crippen molar-refractivity contribution in [2.75, 3.05) is 0 Å². The van der Waals surface area contributed by atoms with Crippen LogP contribution in [0.5, 0.6) is 0 Å². The second kappa shape index (κ2) is 4.44. The predicted octanol–water partition coefficient (Wildman–Crippen LogP) is 3.49. The average Bonchev–Trinajstić information content (AvgIpc) is 2.67. The van der Waals surface area contributed by atoms with Gasteiger partial charge in [-0.3, -0.25) is 4.79 Å². The van der Waals surface area contributed by atoms with E-state index in [1.54, 1.807) is 11.3 Å². The number of aromatic nitrogens is 1. The summed E-state index contributed by atoms with van der Waals surface area (Å²) in [6, 6.07) is 0. The number of carbonyl (C=O) groups is 1. The highest BCUT2D eigenvalue weighted by atomic mass is 32.1. The molecule has 0 bridgehead atoms. The molecule has 0 radical (unpaired) electrons. The van der Waals surface area contributed by atoms with E-state index in [4.69, 9.17) is 0 Å². The topological polar surface area (TPSA) is 30.0 Å². The first kappa shape index (κ1) is 10.8. The fraction of sp³-hybridized carbons (Fsp3) is 0.667. The molecular formula is C12H17NOS. The molecule has 1 aromatic rings. The molecular weight excluding hydrogens is 206 g/mol. The summed E-state index contributed by atoms with van der Waals surface area (Å²) < 4.78 is 0. The Bertz CT molecular complexity index is 356. The quantitative estimate of drug-likeness (QED) is 0.768. The lowest BCUT2D eigenvalue weighted by Crippen LogP contribution is -2.15. The summed E-state index contributed by atoms with van der Waals surface area (Å²) in [5.41, 5.74) is 0. The molecule has 1 fully saturated rings. The van der Waals surface area contributed by atoms with E-state index < -0.39 is 0 Å². The summed E-state index contributed by atoms with van der Waals surface area (Å²) in [5.74, 6) is 1.05. The monoisotopic (exact) mass is 223 g/mol. The fourth-order valence-corrected chi connectivity index (χ4v) is 3.09. The van der Waals surface area contributed by atoms with Gasteiger partial charge in [-0.1, -0.05) is 20.3 Å². The van der Waals surface area contributed by atoms with Gasteiger partial charge in [0, 0.05) is 23.4 Å². The number of hydrogen-bond donors (Lipinski definition) is 0. The molecule has 0 amide bonds. The molecule has 0 spiro atoms. The predicted molar refractivity (Wildman–Crippen MR) is 62.4 cm³/mol. The Labute approximate surface area is 94.7 Å². The van der Waals surface area contributed by atoms with E-state index in [0.29, 0.717) is 11.7 Å². The number of ketones is 1. The molecule has 1 atom stereocenters. The SMILES string of the molecule is CC(C)c1ncc(C2CCCCC2=O)s1. The molecule has 82 valence electrons. The van der Waals surface area contributed by atoms with Crippen molar-refractivity contribution in [3.05, 3.63) is 16.1 Å². The Balaban J connectivity index is 2.17. The lowest BCUT2D eigenvalue weighted by Gasteiger charge is -2.18. The fourth-order valence-electron chi connectivity index (χ4n) is 2.01. The van der Waals surface area contributed by atoms with Gasteiger partial charge in [-0.2, -0.15) is 0 Å². The second-order valence-corrected chi connectivity index (χ2v) is 5.61. The van der Waals surface area contributed by atoms with Crippen LogP contribution in [0, 0.1) is 0 Å². The van der Waals surface area contributed by atoms with Gasteiger partial charge in [-0.15, -0.1) is 11.3 Å². The van der Waals surface area contributed by atoms with Gasteiger partial charge >= 0.3 is 0 Å². The second-order valence-electron chi connectivity index (χ2n) is 4.52. The highest BCUT2D eigenvalue weighted by molar-refractivity contribution is 7.11. The summed E-state index contributed by atoms with van der Waals surface area (Å²) in [7, 11) is 0. The molecule has 1 saturated carbocycles. The van der Waals surface area contributed by atoms with Crippen LogP contribution in [0.1, 0.15) is 61.3 Å². The molecule has 0 aromatic carbocycles. The number of rotatable bonds is 2. The zero-order valence-electron chi connectivity index (χ0n) is 9.32. The zero-order chi connectivity index (χ0) is 10.8. The van der Waals surface area contributed by atoms with Gasteiger partial charge in [0.15, 0.2) is 0 Å². The van der Waals surface area contributed by atoms with Crippen molar-refractivity contribution in [2.24, 2.45) is 0 Å². The maximum absolute atomic E-state index is 11.8. The van der Waals surface area contributed by atoms with Gasteiger partial charge in [0.2, 0.25) is 0 Å². The summed E-state index contributed by atoms with van der Waals surface area (Å²) in [6.07, 6.45) is 5.96. The van der Waals surface area contributed by atoms with Crippen LogP contribution >= 0.6 is 11.3 Å². The van der Waals surface area contributed by atoms with Gasteiger partial charge in [0.1, 0.15) is 5.78 Å². The van der Waals surface area contributed by atoms with Crippen LogP contribution in [-0.2, 0) is 4.79 Å². The molecule has 1 aliphatic carbocycles. The average molecular weight is 223 g/mol. The largest absolute Gasteiger partial charge is 0.299 e. The van der Waals surface area contributed by atoms with Crippen LogP contribution in [0.25, 0.3) is 0 Å². The first-order valence-corrected chi connectivity index (χ1v) is 6.48. The van der Waals surface area contributed by atoms with Gasteiger partial charge < -0.3 is 0 Å². The molecule has 0 N–H and O–H groups in total. The van der Waals surface area contributed by atoms with Gasteiger partial charge in [0.25, 0.3) is 0 Å². The van der Waals surface area contributed by atoms with E-state index in [0.717, 1.165) is 24.3 Å². The van der Waals surface area contributed by atoms with Crippen LogP contribution in [-0.4, -0.2) is 10.8 Å². The molecule has 15 heavy (non-hydrogen) atoms. The van der Waals surface area contributed by atoms with E-state index in [9.17, 15) is 4.79 Å². The minimum atomic E-state index is 0.156. The van der Waals surface area contributed by atoms with Crippen LogP contribution in [0.2, 0.25) is 0 Å². The lowest BCUT2D eigenvalue weighted by atomic mass is 9.87. The number of Topliss-reactive ketones (excluding diaryl/α,β-unsaturated/α-hetero) is 1. The van der Waals surface area contributed by atoms with E-state index in [2.05, 4.69) is 18.8 Å². The molecule has 1 unspecified atom stereocenters. The number of carbonyl (C=O) groups excluding carboxylic acids is 1. The van der Waals surface area contributed by atoms with E-state index in [1.165, 1.54) is 11.3 Å². The molecule has 1 heterocycles. The van der Waals surface area contributed by atoms with Crippen LogP contribution in [0.15, 0.2) is 6.20 Å². The Kier molecular flexibility index (Phi) is 3.19. The Morgan fingerprint density at radius 3 is 2.87 bits per heavy atom.